The van der Waals surface area contributed by atoms with Crippen LogP contribution >= 0.6 is 0 Å². The molecule has 0 bridgehead atoms. The number of sulfonamides is 2. The average Bonchev–Trinajstić information content (AvgIpc) is 2.64. The van der Waals surface area contributed by atoms with Gasteiger partial charge in [0.25, 0.3) is 0 Å². The number of halogens is 6. The highest BCUT2D eigenvalue weighted by molar-refractivity contribution is 8.13. The Kier molecular flexibility index (Phi) is 5.79. The first-order valence-electron chi connectivity index (χ1n) is 4.45. The van der Waals surface area contributed by atoms with Crippen molar-refractivity contribution in [3.63, 3.8) is 0 Å². The molecular weight excluding hydrogens is 356 g/mol. The Labute approximate surface area is 114 Å². The molecule has 0 aliphatic rings. The number of aromatic nitrogens is 2. The van der Waals surface area contributed by atoms with Gasteiger partial charge in [-0.25, -0.2) is 21.4 Å². The molecule has 0 aliphatic carbocycles. The van der Waals surface area contributed by atoms with Crippen LogP contribution in [0.4, 0.5) is 26.3 Å². The van der Waals surface area contributed by atoms with Crippen LogP contribution < -0.4 is 4.57 Å². The van der Waals surface area contributed by atoms with Gasteiger partial charge >= 0.3 is 11.0 Å². The zero-order valence-electron chi connectivity index (χ0n) is 9.84. The first kappa shape index (κ1) is 19.7. The van der Waals surface area contributed by atoms with Crippen LogP contribution in [0.25, 0.3) is 4.13 Å². The highest BCUT2D eigenvalue weighted by Crippen LogP contribution is 2.36. The van der Waals surface area contributed by atoms with Crippen LogP contribution in [0.1, 0.15) is 0 Å². The zero-order valence-corrected chi connectivity index (χ0v) is 11.5. The third kappa shape index (κ3) is 5.88. The number of hydrogen-bond donors (Lipinski definition) is 1. The first-order chi connectivity index (χ1) is 9.10. The topological polar surface area (TPSA) is 102 Å². The molecule has 1 heterocycles. The third-order valence-corrected chi connectivity index (χ3v) is 4.21. The van der Waals surface area contributed by atoms with E-state index in [1.165, 1.54) is 0 Å². The van der Waals surface area contributed by atoms with E-state index >= 15 is 0 Å². The molecule has 1 N–H and O–H groups in total. The summed E-state index contributed by atoms with van der Waals surface area (Å²) in [4.78, 5) is 2.89. The summed E-state index contributed by atoms with van der Waals surface area (Å²) in [6.07, 6.45) is 5.69. The van der Waals surface area contributed by atoms with E-state index in [9.17, 15) is 43.2 Å². The first-order valence-corrected chi connectivity index (χ1v) is 7.33. The molecular formula is C6H7F6N3O4S2. The van der Waals surface area contributed by atoms with Crippen LogP contribution in [0.3, 0.4) is 0 Å². The van der Waals surface area contributed by atoms with Crippen molar-refractivity contribution in [2.24, 2.45) is 7.05 Å². The average molecular weight is 363 g/mol. The third-order valence-electron chi connectivity index (χ3n) is 1.47. The van der Waals surface area contributed by atoms with Gasteiger partial charge in [-0.1, -0.05) is 0 Å². The van der Waals surface area contributed by atoms with Gasteiger partial charge in [0.05, 0.1) is 7.05 Å². The normalized spacial score (nSPS) is 13.5. The van der Waals surface area contributed by atoms with Crippen molar-refractivity contribution in [3.8, 4) is 0 Å². The molecule has 0 radical (unpaired) electrons. The molecule has 0 atom stereocenters. The molecule has 1 aromatic rings. The molecule has 0 aliphatic heterocycles. The van der Waals surface area contributed by atoms with Gasteiger partial charge in [-0.05, 0) is 0 Å². The van der Waals surface area contributed by atoms with E-state index < -0.39 is 31.1 Å². The van der Waals surface area contributed by atoms with Crippen LogP contribution in [-0.4, -0.2) is 32.8 Å². The molecule has 21 heavy (non-hydrogen) atoms. The number of aryl methyl sites for hydroxylation is 1. The molecule has 0 fully saturated rings. The summed E-state index contributed by atoms with van der Waals surface area (Å²) in [5, 5.41) is 0. The minimum absolute atomic E-state index is 0.778. The van der Waals surface area contributed by atoms with E-state index in [0.717, 1.165) is 4.13 Å². The number of imidazole rings is 1. The second-order valence-corrected chi connectivity index (χ2v) is 6.62. The summed E-state index contributed by atoms with van der Waals surface area (Å²) >= 11 is 0. The fraction of sp³-hybridized carbons (Fsp3) is 0.500. The van der Waals surface area contributed by atoms with Gasteiger partial charge in [0.15, 0.2) is 20.0 Å². The molecule has 0 amide bonds. The van der Waals surface area contributed by atoms with Crippen molar-refractivity contribution in [1.82, 2.24) is 4.98 Å². The number of alkyl halides is 6. The molecule has 0 saturated heterocycles. The summed E-state index contributed by atoms with van der Waals surface area (Å²) in [5.74, 6) is 0. The minimum atomic E-state index is -6.72. The SMILES string of the molecule is C[n+]1cc[nH]c1.O=S(=O)([N-]S(=O)(=O)C(F)(F)F)C(F)(F)F. The van der Waals surface area contributed by atoms with Crippen LogP contribution in [0.15, 0.2) is 18.7 Å². The number of hydrogen-bond acceptors (Lipinski definition) is 4. The van der Waals surface area contributed by atoms with Crippen LogP contribution in [0.5, 0.6) is 0 Å². The maximum Gasteiger partial charge on any atom is 0.480 e. The summed E-state index contributed by atoms with van der Waals surface area (Å²) in [7, 11) is -11.5. The second kappa shape index (κ2) is 6.18. The number of nitrogens with zero attached hydrogens (tertiary/aromatic N) is 2. The molecule has 7 nitrogen and oxygen atoms in total. The monoisotopic (exact) mass is 363 g/mol. The molecule has 0 spiro atoms. The van der Waals surface area contributed by atoms with Crippen molar-refractivity contribution < 1.29 is 47.7 Å². The number of rotatable bonds is 2. The number of nitrogens with one attached hydrogen (secondary N) is 1. The van der Waals surface area contributed by atoms with Gasteiger partial charge in [0, 0.05) is 0 Å². The lowest BCUT2D eigenvalue weighted by molar-refractivity contribution is -0.670. The van der Waals surface area contributed by atoms with E-state index in [0.29, 0.717) is 0 Å². The summed E-state index contributed by atoms with van der Waals surface area (Å²) in [6, 6.07) is 0. The van der Waals surface area contributed by atoms with E-state index in [1.54, 1.807) is 0 Å². The van der Waals surface area contributed by atoms with E-state index in [2.05, 4.69) is 4.98 Å². The smallest absolute Gasteiger partial charge is 0.421 e. The zero-order chi connectivity index (χ0) is 17.1. The van der Waals surface area contributed by atoms with Crippen LogP contribution in [-0.2, 0) is 27.1 Å². The Balaban J connectivity index is 0.000000547. The van der Waals surface area contributed by atoms with Crippen LogP contribution in [0, 0.1) is 0 Å². The predicted octanol–water partition coefficient (Wildman–Crippen LogP) is 0.898. The Bertz CT molecular complexity index is 604. The highest BCUT2D eigenvalue weighted by atomic mass is 32.3. The Morgan fingerprint density at radius 3 is 1.48 bits per heavy atom. The van der Waals surface area contributed by atoms with E-state index in [4.69, 9.17) is 0 Å². The summed E-state index contributed by atoms with van der Waals surface area (Å²) < 4.78 is 111. The molecule has 15 heteroatoms. The van der Waals surface area contributed by atoms with E-state index in [-0.39, 0.29) is 0 Å². The lowest BCUT2D eigenvalue weighted by Gasteiger charge is -2.22. The molecule has 0 aromatic carbocycles. The highest BCUT2D eigenvalue weighted by Gasteiger charge is 2.46. The van der Waals surface area contributed by atoms with Gasteiger partial charge in [-0.3, -0.25) is 4.98 Å². The van der Waals surface area contributed by atoms with Crippen molar-refractivity contribution in [2.75, 3.05) is 0 Å². The lowest BCUT2D eigenvalue weighted by Crippen LogP contribution is -2.30. The van der Waals surface area contributed by atoms with Gasteiger partial charge < -0.3 is 4.13 Å². The summed E-state index contributed by atoms with van der Waals surface area (Å²) in [6.45, 7) is 0. The molecule has 1 aromatic heterocycles. The largest absolute Gasteiger partial charge is 0.480 e. The molecule has 0 saturated carbocycles. The number of H-pyrrole nitrogens is 1. The standard InChI is InChI=1S/C4H6N2.C2F6NO4S2/c1-6-3-2-5-4-6;3-1(4,5)14(10,11)9-15(12,13)2(6,7)8/h2-4H,1H3;/q;-1/p+1. The molecule has 124 valence electrons. The van der Waals surface area contributed by atoms with E-state index in [1.807, 2.05) is 30.3 Å². The Morgan fingerprint density at radius 1 is 0.952 bits per heavy atom. The fourth-order valence-electron chi connectivity index (χ4n) is 0.578. The Hall–Kier alpha value is -1.35. The van der Waals surface area contributed by atoms with Gasteiger partial charge in [-0.15, -0.1) is 0 Å². The van der Waals surface area contributed by atoms with Crippen molar-refractivity contribution in [1.29, 1.82) is 0 Å². The van der Waals surface area contributed by atoms with Crippen molar-refractivity contribution in [3.05, 3.63) is 22.8 Å². The van der Waals surface area contributed by atoms with Crippen molar-refractivity contribution >= 4 is 20.0 Å². The number of aromatic amines is 1. The van der Waals surface area contributed by atoms with Gasteiger partial charge in [0.1, 0.15) is 12.4 Å². The maximum absolute atomic E-state index is 11.4. The fourth-order valence-corrected chi connectivity index (χ4v) is 2.29. The van der Waals surface area contributed by atoms with Gasteiger partial charge in [-0.2, -0.15) is 26.3 Å². The lowest BCUT2D eigenvalue weighted by atomic mass is 10.9. The predicted molar refractivity (Wildman–Crippen MR) is 55.3 cm³/mol. The molecule has 0 unspecified atom stereocenters. The summed E-state index contributed by atoms with van der Waals surface area (Å²) in [5.41, 5.74) is -12.4. The van der Waals surface area contributed by atoms with Crippen molar-refractivity contribution in [2.45, 2.75) is 11.0 Å². The van der Waals surface area contributed by atoms with Gasteiger partial charge in [0.2, 0.25) is 6.33 Å². The maximum atomic E-state index is 11.4. The molecule has 1 rings (SSSR count). The second-order valence-electron chi connectivity index (χ2n) is 3.19. The quantitative estimate of drug-likeness (QED) is 0.623. The minimum Gasteiger partial charge on any atom is -0.421 e. The van der Waals surface area contributed by atoms with Crippen LogP contribution in [0.2, 0.25) is 0 Å². The Morgan fingerprint density at radius 2 is 1.33 bits per heavy atom.